The van der Waals surface area contributed by atoms with Gasteiger partial charge in [0.05, 0.1) is 0 Å². The second kappa shape index (κ2) is 11.0. The maximum absolute atomic E-state index is 12.4. The topological polar surface area (TPSA) is 58.4 Å². The van der Waals surface area contributed by atoms with Gasteiger partial charge in [0.25, 0.3) is 0 Å². The lowest BCUT2D eigenvalue weighted by Gasteiger charge is -2.35. The summed E-state index contributed by atoms with van der Waals surface area (Å²) in [5.41, 5.74) is 6.09. The number of likely N-dealkylation sites (tertiary alicyclic amines) is 1. The maximum Gasteiger partial charge on any atom is 0.244 e. The van der Waals surface area contributed by atoms with Crippen LogP contribution < -0.4 is 11.1 Å². The van der Waals surface area contributed by atoms with Crippen molar-refractivity contribution in [2.45, 2.75) is 39.2 Å². The number of amides is 1. The van der Waals surface area contributed by atoms with Crippen LogP contribution in [0.3, 0.4) is 0 Å². The number of nitrogens with one attached hydrogen (secondary N) is 1. The zero-order valence-electron chi connectivity index (χ0n) is 15.5. The predicted molar refractivity (Wildman–Crippen MR) is 109 cm³/mol. The Morgan fingerprint density at radius 1 is 1.20 bits per heavy atom. The molecule has 1 saturated heterocycles. The Balaban J connectivity index is 0.00000288. The third-order valence-electron chi connectivity index (χ3n) is 4.73. The van der Waals surface area contributed by atoms with E-state index in [1.807, 2.05) is 30.3 Å². The number of piperidine rings is 1. The van der Waals surface area contributed by atoms with Crippen molar-refractivity contribution in [2.24, 2.45) is 17.6 Å². The fraction of sp³-hybridized carbons (Fsp3) is 0.632. The minimum atomic E-state index is -0.977. The van der Waals surface area contributed by atoms with Crippen LogP contribution in [-0.4, -0.2) is 37.0 Å². The number of hydrogen-bond acceptors (Lipinski definition) is 3. The lowest BCUT2D eigenvalue weighted by atomic mass is 9.92. The SMILES string of the molecule is CC1CC(C)CN(CCCNC(=O)C(C)(N)c2ccccc2)C1.Cl.Cl. The minimum Gasteiger partial charge on any atom is -0.354 e. The normalized spacial score (nSPS) is 22.9. The molecule has 2 rings (SSSR count). The second-order valence-corrected chi connectivity index (χ2v) is 7.38. The van der Waals surface area contributed by atoms with E-state index in [2.05, 4.69) is 24.1 Å². The van der Waals surface area contributed by atoms with Gasteiger partial charge in [0.2, 0.25) is 5.91 Å². The van der Waals surface area contributed by atoms with Crippen LogP contribution in [0.4, 0.5) is 0 Å². The van der Waals surface area contributed by atoms with Crippen molar-refractivity contribution in [1.29, 1.82) is 0 Å². The first-order chi connectivity index (χ1) is 10.9. The van der Waals surface area contributed by atoms with Crippen LogP contribution >= 0.6 is 24.8 Å². The molecule has 0 radical (unpaired) electrons. The third-order valence-corrected chi connectivity index (χ3v) is 4.73. The average molecular weight is 390 g/mol. The van der Waals surface area contributed by atoms with Crippen LogP contribution in [0.25, 0.3) is 0 Å². The van der Waals surface area contributed by atoms with Crippen molar-refractivity contribution in [1.82, 2.24) is 10.2 Å². The number of rotatable bonds is 6. The van der Waals surface area contributed by atoms with Crippen LogP contribution in [0.15, 0.2) is 30.3 Å². The Labute approximate surface area is 164 Å². The van der Waals surface area contributed by atoms with Crippen LogP contribution in [0, 0.1) is 11.8 Å². The lowest BCUT2D eigenvalue weighted by molar-refractivity contribution is -0.126. The number of nitrogens with zero attached hydrogens (tertiary/aromatic N) is 1. The smallest absolute Gasteiger partial charge is 0.244 e. The molecule has 6 heteroatoms. The van der Waals surface area contributed by atoms with Crippen LogP contribution in [-0.2, 0) is 10.3 Å². The van der Waals surface area contributed by atoms with Crippen LogP contribution in [0.2, 0.25) is 0 Å². The molecule has 0 aliphatic carbocycles. The molecule has 144 valence electrons. The first-order valence-electron chi connectivity index (χ1n) is 8.74. The van der Waals surface area contributed by atoms with Crippen molar-refractivity contribution >= 4 is 30.7 Å². The first kappa shape index (κ1) is 24.2. The van der Waals surface area contributed by atoms with Gasteiger partial charge in [-0.05, 0) is 43.7 Å². The van der Waals surface area contributed by atoms with Gasteiger partial charge < -0.3 is 16.0 Å². The highest BCUT2D eigenvalue weighted by molar-refractivity contribution is 5.87. The van der Waals surface area contributed by atoms with Gasteiger partial charge in [0.15, 0.2) is 0 Å². The fourth-order valence-corrected chi connectivity index (χ4v) is 3.58. The summed E-state index contributed by atoms with van der Waals surface area (Å²) in [5.74, 6) is 1.45. The Kier molecular flexibility index (Phi) is 10.7. The molecule has 3 atom stereocenters. The van der Waals surface area contributed by atoms with E-state index in [0.717, 1.165) is 30.4 Å². The molecule has 1 heterocycles. The van der Waals surface area contributed by atoms with Gasteiger partial charge in [-0.25, -0.2) is 0 Å². The van der Waals surface area contributed by atoms with E-state index in [-0.39, 0.29) is 30.7 Å². The zero-order valence-corrected chi connectivity index (χ0v) is 17.2. The highest BCUT2D eigenvalue weighted by Crippen LogP contribution is 2.21. The largest absolute Gasteiger partial charge is 0.354 e. The second-order valence-electron chi connectivity index (χ2n) is 7.38. The standard InChI is InChI=1S/C19H31N3O.2ClH/c1-15-12-16(2)14-22(13-15)11-7-10-21-18(23)19(3,20)17-8-5-4-6-9-17;;/h4-6,8-9,15-16H,7,10-14,20H2,1-3H3,(H,21,23);2*1H. The van der Waals surface area contributed by atoms with Gasteiger partial charge in [0, 0.05) is 19.6 Å². The number of nitrogens with two attached hydrogens (primary N) is 1. The van der Waals surface area contributed by atoms with E-state index in [0.29, 0.717) is 6.54 Å². The van der Waals surface area contributed by atoms with Crippen molar-refractivity contribution in [2.75, 3.05) is 26.2 Å². The summed E-state index contributed by atoms with van der Waals surface area (Å²) in [5, 5.41) is 2.99. The molecule has 1 aromatic carbocycles. The molecule has 1 aromatic rings. The average Bonchev–Trinajstić information content (AvgIpc) is 2.51. The monoisotopic (exact) mass is 389 g/mol. The van der Waals surface area contributed by atoms with Gasteiger partial charge >= 0.3 is 0 Å². The van der Waals surface area contributed by atoms with E-state index in [9.17, 15) is 4.79 Å². The summed E-state index contributed by atoms with van der Waals surface area (Å²) in [6.45, 7) is 10.5. The maximum atomic E-state index is 12.4. The van der Waals surface area contributed by atoms with Crippen molar-refractivity contribution in [3.8, 4) is 0 Å². The van der Waals surface area contributed by atoms with Crippen LogP contribution in [0.5, 0.6) is 0 Å². The molecule has 0 spiro atoms. The molecule has 1 aliphatic rings. The van der Waals surface area contributed by atoms with Gasteiger partial charge in [-0.15, -0.1) is 24.8 Å². The molecule has 1 fully saturated rings. The third kappa shape index (κ3) is 7.14. The predicted octanol–water partition coefficient (Wildman–Crippen LogP) is 3.19. The quantitative estimate of drug-likeness (QED) is 0.734. The van der Waals surface area contributed by atoms with E-state index in [4.69, 9.17) is 5.73 Å². The van der Waals surface area contributed by atoms with Crippen LogP contribution in [0.1, 0.15) is 39.2 Å². The van der Waals surface area contributed by atoms with Gasteiger partial charge in [-0.2, -0.15) is 0 Å². The van der Waals surface area contributed by atoms with Crippen molar-refractivity contribution in [3.63, 3.8) is 0 Å². The minimum absolute atomic E-state index is 0. The number of hydrogen-bond donors (Lipinski definition) is 2. The van der Waals surface area contributed by atoms with Gasteiger partial charge in [-0.1, -0.05) is 44.2 Å². The summed E-state index contributed by atoms with van der Waals surface area (Å²) in [7, 11) is 0. The van der Waals surface area contributed by atoms with E-state index in [1.165, 1.54) is 19.5 Å². The molecule has 1 amide bonds. The molecule has 4 nitrogen and oxygen atoms in total. The molecule has 3 N–H and O–H groups in total. The molecular weight excluding hydrogens is 357 g/mol. The Morgan fingerprint density at radius 2 is 1.76 bits per heavy atom. The highest BCUT2D eigenvalue weighted by atomic mass is 35.5. The molecule has 0 aromatic heterocycles. The van der Waals surface area contributed by atoms with Gasteiger partial charge in [0.1, 0.15) is 5.54 Å². The molecule has 0 bridgehead atoms. The molecular formula is C19H33Cl2N3O. The summed E-state index contributed by atoms with van der Waals surface area (Å²) in [4.78, 5) is 14.9. The molecule has 0 saturated carbocycles. The lowest BCUT2D eigenvalue weighted by Crippen LogP contribution is -2.49. The fourth-order valence-electron chi connectivity index (χ4n) is 3.58. The summed E-state index contributed by atoms with van der Waals surface area (Å²) >= 11 is 0. The number of carbonyl (C=O) groups is 1. The Hall–Kier alpha value is -0.810. The van der Waals surface area contributed by atoms with Crippen molar-refractivity contribution in [3.05, 3.63) is 35.9 Å². The molecule has 25 heavy (non-hydrogen) atoms. The zero-order chi connectivity index (χ0) is 16.9. The summed E-state index contributed by atoms with van der Waals surface area (Å²) < 4.78 is 0. The molecule has 1 aliphatic heterocycles. The number of benzene rings is 1. The Morgan fingerprint density at radius 3 is 2.32 bits per heavy atom. The molecule has 3 unspecified atom stereocenters. The highest BCUT2D eigenvalue weighted by Gasteiger charge is 2.30. The number of halogens is 2. The van der Waals surface area contributed by atoms with E-state index >= 15 is 0 Å². The van der Waals surface area contributed by atoms with Crippen molar-refractivity contribution < 1.29 is 4.79 Å². The first-order valence-corrected chi connectivity index (χ1v) is 8.74. The van der Waals surface area contributed by atoms with E-state index < -0.39 is 5.54 Å². The Bertz CT molecular complexity index is 501. The summed E-state index contributed by atoms with van der Waals surface area (Å²) in [6, 6.07) is 9.54. The number of carbonyl (C=O) groups excluding carboxylic acids is 1. The van der Waals surface area contributed by atoms with E-state index in [1.54, 1.807) is 6.92 Å². The summed E-state index contributed by atoms with van der Waals surface area (Å²) in [6.07, 6.45) is 2.30. The van der Waals surface area contributed by atoms with Gasteiger partial charge in [-0.3, -0.25) is 4.79 Å².